The van der Waals surface area contributed by atoms with Crippen molar-refractivity contribution in [2.75, 3.05) is 31.1 Å². The fraction of sp³-hybridized carbons (Fsp3) is 0.526. The lowest BCUT2D eigenvalue weighted by atomic mass is 10.2. The van der Waals surface area contributed by atoms with E-state index in [9.17, 15) is 18.0 Å². The van der Waals surface area contributed by atoms with Gasteiger partial charge in [0.15, 0.2) is 0 Å². The molecule has 0 N–H and O–H groups in total. The second-order valence-electron chi connectivity index (χ2n) is 7.49. The second kappa shape index (κ2) is 7.20. The Bertz CT molecular complexity index is 915. The lowest BCUT2D eigenvalue weighted by Crippen LogP contribution is -2.46. The second-order valence-corrected chi connectivity index (χ2v) is 7.49. The molecular weight excluding hydrogens is 371 g/mol. The highest BCUT2D eigenvalue weighted by molar-refractivity contribution is 5.42. The molecule has 2 aromatic rings. The molecule has 0 spiro atoms. The fourth-order valence-corrected chi connectivity index (χ4v) is 3.37. The molecule has 0 atom stereocenters. The van der Waals surface area contributed by atoms with Crippen LogP contribution in [-0.4, -0.2) is 45.6 Å². The van der Waals surface area contributed by atoms with E-state index < -0.39 is 11.9 Å². The zero-order valence-electron chi connectivity index (χ0n) is 15.6. The van der Waals surface area contributed by atoms with Crippen LogP contribution in [0, 0.1) is 0 Å². The van der Waals surface area contributed by atoms with Crippen molar-refractivity contribution >= 4 is 5.82 Å². The molecule has 1 aliphatic heterocycles. The molecule has 0 radical (unpaired) electrons. The summed E-state index contributed by atoms with van der Waals surface area (Å²) in [6.07, 6.45) is -1.02. The molecule has 0 amide bonds. The molecule has 1 saturated carbocycles. The van der Waals surface area contributed by atoms with Crippen molar-refractivity contribution in [3.8, 4) is 0 Å². The Morgan fingerprint density at radius 2 is 1.82 bits per heavy atom. The van der Waals surface area contributed by atoms with Crippen LogP contribution in [0.5, 0.6) is 0 Å². The molecule has 2 aromatic heterocycles. The summed E-state index contributed by atoms with van der Waals surface area (Å²) in [6.45, 7) is 3.21. The van der Waals surface area contributed by atoms with Crippen LogP contribution in [0.25, 0.3) is 0 Å². The first kappa shape index (κ1) is 18.9. The maximum Gasteiger partial charge on any atom is 0.433 e. The smallest absolute Gasteiger partial charge is 0.354 e. The van der Waals surface area contributed by atoms with Gasteiger partial charge >= 0.3 is 6.18 Å². The molecule has 6 nitrogen and oxygen atoms in total. The number of halogens is 3. The summed E-state index contributed by atoms with van der Waals surface area (Å²) in [4.78, 5) is 24.0. The first-order valence-corrected chi connectivity index (χ1v) is 9.38. The third-order valence-corrected chi connectivity index (χ3v) is 5.23. The van der Waals surface area contributed by atoms with E-state index in [2.05, 4.69) is 14.9 Å². The number of nitrogens with zero attached hydrogens (tertiary/aromatic N) is 5. The van der Waals surface area contributed by atoms with Crippen LogP contribution in [0.2, 0.25) is 0 Å². The highest BCUT2D eigenvalue weighted by Gasteiger charge is 2.37. The van der Waals surface area contributed by atoms with Gasteiger partial charge in [-0.2, -0.15) is 13.2 Å². The molecule has 9 heteroatoms. The van der Waals surface area contributed by atoms with Gasteiger partial charge in [-0.3, -0.25) is 9.69 Å². The number of alkyl halides is 3. The first-order valence-electron chi connectivity index (χ1n) is 9.38. The SMILES string of the molecule is Cn1ccc(CN2CCN(c3cc(C(F)(F)F)nc(C4CC4)n3)CC2)cc1=O. The number of hydrogen-bond acceptors (Lipinski definition) is 5. The average molecular weight is 393 g/mol. The molecule has 3 heterocycles. The van der Waals surface area contributed by atoms with E-state index in [0.29, 0.717) is 44.4 Å². The minimum Gasteiger partial charge on any atom is -0.354 e. The van der Waals surface area contributed by atoms with Crippen molar-refractivity contribution < 1.29 is 13.2 Å². The topological polar surface area (TPSA) is 54.3 Å². The Kier molecular flexibility index (Phi) is 4.86. The van der Waals surface area contributed by atoms with E-state index in [4.69, 9.17) is 0 Å². The largest absolute Gasteiger partial charge is 0.433 e. The summed E-state index contributed by atoms with van der Waals surface area (Å²) < 4.78 is 41.2. The fourth-order valence-electron chi connectivity index (χ4n) is 3.37. The van der Waals surface area contributed by atoms with Crippen molar-refractivity contribution in [2.24, 2.45) is 7.05 Å². The Morgan fingerprint density at radius 3 is 2.43 bits per heavy atom. The number of anilines is 1. The Balaban J connectivity index is 1.45. The molecule has 0 bridgehead atoms. The summed E-state index contributed by atoms with van der Waals surface area (Å²) in [5, 5.41) is 0. The van der Waals surface area contributed by atoms with E-state index in [1.807, 2.05) is 11.0 Å². The highest BCUT2D eigenvalue weighted by Crippen LogP contribution is 2.40. The van der Waals surface area contributed by atoms with Crippen molar-refractivity contribution in [2.45, 2.75) is 31.5 Å². The number of aromatic nitrogens is 3. The van der Waals surface area contributed by atoms with Gasteiger partial charge in [0.1, 0.15) is 17.3 Å². The summed E-state index contributed by atoms with van der Waals surface area (Å²) in [7, 11) is 1.71. The van der Waals surface area contributed by atoms with Gasteiger partial charge in [-0.25, -0.2) is 9.97 Å². The van der Waals surface area contributed by atoms with E-state index in [0.717, 1.165) is 24.5 Å². The van der Waals surface area contributed by atoms with Gasteiger partial charge in [0.25, 0.3) is 5.56 Å². The standard InChI is InChI=1S/C19H22F3N5O/c1-25-5-4-13(10-17(25)28)12-26-6-8-27(9-7-26)16-11-15(19(20,21)22)23-18(24-16)14-2-3-14/h4-5,10-11,14H,2-3,6-9,12H2,1H3. The van der Waals surface area contributed by atoms with E-state index >= 15 is 0 Å². The summed E-state index contributed by atoms with van der Waals surface area (Å²) >= 11 is 0. The summed E-state index contributed by atoms with van der Waals surface area (Å²) in [5.74, 6) is 0.730. The quantitative estimate of drug-likeness (QED) is 0.799. The van der Waals surface area contributed by atoms with Crippen LogP contribution in [0.3, 0.4) is 0 Å². The third kappa shape index (κ3) is 4.19. The molecule has 2 aliphatic rings. The van der Waals surface area contributed by atoms with Gasteiger partial charge < -0.3 is 9.47 Å². The number of rotatable bonds is 4. The van der Waals surface area contributed by atoms with Crippen LogP contribution in [-0.2, 0) is 19.8 Å². The predicted molar refractivity (Wildman–Crippen MR) is 98.2 cm³/mol. The molecule has 0 aromatic carbocycles. The zero-order chi connectivity index (χ0) is 19.9. The maximum atomic E-state index is 13.2. The lowest BCUT2D eigenvalue weighted by Gasteiger charge is -2.35. The van der Waals surface area contributed by atoms with Gasteiger partial charge in [0.2, 0.25) is 0 Å². The molecule has 28 heavy (non-hydrogen) atoms. The van der Waals surface area contributed by atoms with Crippen LogP contribution in [0.1, 0.15) is 35.8 Å². The minimum absolute atomic E-state index is 0.0515. The van der Waals surface area contributed by atoms with E-state index in [1.54, 1.807) is 19.3 Å². The molecule has 4 rings (SSSR count). The third-order valence-electron chi connectivity index (χ3n) is 5.23. The van der Waals surface area contributed by atoms with Crippen LogP contribution >= 0.6 is 0 Å². The zero-order valence-corrected chi connectivity index (χ0v) is 15.6. The predicted octanol–water partition coefficient (Wildman–Crippen LogP) is 2.39. The van der Waals surface area contributed by atoms with Crippen LogP contribution < -0.4 is 10.5 Å². The number of pyridine rings is 1. The Morgan fingerprint density at radius 1 is 1.11 bits per heavy atom. The average Bonchev–Trinajstić information content (AvgIpc) is 3.50. The number of piperazine rings is 1. The van der Waals surface area contributed by atoms with Crippen molar-refractivity contribution in [3.05, 3.63) is 51.8 Å². The minimum atomic E-state index is -4.47. The van der Waals surface area contributed by atoms with Crippen molar-refractivity contribution in [3.63, 3.8) is 0 Å². The summed E-state index contributed by atoms with van der Waals surface area (Å²) in [6, 6.07) is 4.59. The van der Waals surface area contributed by atoms with Gasteiger partial charge in [-0.1, -0.05) is 0 Å². The molecule has 2 fully saturated rings. The van der Waals surface area contributed by atoms with Crippen molar-refractivity contribution in [1.29, 1.82) is 0 Å². The van der Waals surface area contributed by atoms with Crippen LogP contribution in [0.4, 0.5) is 19.0 Å². The van der Waals surface area contributed by atoms with Crippen LogP contribution in [0.15, 0.2) is 29.2 Å². The molecule has 1 aliphatic carbocycles. The number of hydrogen-bond donors (Lipinski definition) is 0. The maximum absolute atomic E-state index is 13.2. The van der Waals surface area contributed by atoms with Gasteiger partial charge in [-0.05, 0) is 24.5 Å². The van der Waals surface area contributed by atoms with Gasteiger partial charge in [-0.15, -0.1) is 0 Å². The molecule has 150 valence electrons. The van der Waals surface area contributed by atoms with E-state index in [-0.39, 0.29) is 11.5 Å². The van der Waals surface area contributed by atoms with Crippen molar-refractivity contribution in [1.82, 2.24) is 19.4 Å². The normalized spacial score (nSPS) is 18.5. The lowest BCUT2D eigenvalue weighted by molar-refractivity contribution is -0.141. The Labute approximate surface area is 160 Å². The first-order chi connectivity index (χ1) is 13.3. The van der Waals surface area contributed by atoms with E-state index in [1.165, 1.54) is 4.57 Å². The monoisotopic (exact) mass is 393 g/mol. The Hall–Kier alpha value is -2.42. The molecule has 0 unspecified atom stereocenters. The van der Waals surface area contributed by atoms with Gasteiger partial charge in [0, 0.05) is 64.0 Å². The van der Waals surface area contributed by atoms with Gasteiger partial charge in [0.05, 0.1) is 0 Å². The molecule has 1 saturated heterocycles. The highest BCUT2D eigenvalue weighted by atomic mass is 19.4. The summed E-state index contributed by atoms with van der Waals surface area (Å²) in [5.41, 5.74) is 0.0281. The number of aryl methyl sites for hydroxylation is 1. The molecular formula is C19H22F3N5O.